The van der Waals surface area contributed by atoms with Crippen molar-refractivity contribution in [3.63, 3.8) is 0 Å². The highest BCUT2D eigenvalue weighted by Crippen LogP contribution is 2.49. The van der Waals surface area contributed by atoms with Gasteiger partial charge in [0.25, 0.3) is 0 Å². The lowest BCUT2D eigenvalue weighted by Crippen LogP contribution is -2.24. The summed E-state index contributed by atoms with van der Waals surface area (Å²) < 4.78 is 23.2. The molecule has 208 valence electrons. The molecule has 0 aromatic heterocycles. The molecule has 2 atom stereocenters. The van der Waals surface area contributed by atoms with Crippen LogP contribution >= 0.6 is 0 Å². The second-order valence-electron chi connectivity index (χ2n) is 10.4. The van der Waals surface area contributed by atoms with Gasteiger partial charge in [0.05, 0.1) is 26.7 Å². The number of carbonyl (C=O) groups excluding carboxylic acids is 3. The lowest BCUT2D eigenvalue weighted by molar-refractivity contribution is -0.135. The Hall–Kier alpha value is -4.13. The number of allylic oxidation sites excluding steroid dienone is 1. The molecule has 2 aliphatic heterocycles. The fourth-order valence-electron chi connectivity index (χ4n) is 5.75. The van der Waals surface area contributed by atoms with Crippen molar-refractivity contribution < 1.29 is 33.3 Å². The van der Waals surface area contributed by atoms with Gasteiger partial charge in [0, 0.05) is 29.7 Å². The van der Waals surface area contributed by atoms with Crippen LogP contribution in [0.4, 0.5) is 0 Å². The van der Waals surface area contributed by atoms with Crippen molar-refractivity contribution in [1.29, 1.82) is 0 Å². The third kappa shape index (κ3) is 5.46. The summed E-state index contributed by atoms with van der Waals surface area (Å²) in [5.41, 5.74) is 2.40. The highest BCUT2D eigenvalue weighted by molar-refractivity contribution is 5.99. The Labute approximate surface area is 234 Å². The Bertz CT molecular complexity index is 1490. The number of esters is 2. The molecule has 0 spiro atoms. The van der Waals surface area contributed by atoms with Crippen LogP contribution in [-0.4, -0.2) is 38.0 Å². The molecule has 7 heteroatoms. The van der Waals surface area contributed by atoms with Gasteiger partial charge in [-0.1, -0.05) is 42.5 Å². The number of ether oxygens (including phenoxy) is 4. The Balaban J connectivity index is 1.69. The molecular weight excluding hydrogens is 508 g/mol. The van der Waals surface area contributed by atoms with Crippen LogP contribution < -0.4 is 14.2 Å². The van der Waals surface area contributed by atoms with Crippen LogP contribution in [-0.2, 0) is 14.3 Å². The van der Waals surface area contributed by atoms with Crippen molar-refractivity contribution in [2.45, 2.75) is 63.9 Å². The van der Waals surface area contributed by atoms with Gasteiger partial charge in [0.2, 0.25) is 0 Å². The monoisotopic (exact) mass is 542 g/mol. The smallest absolute Gasteiger partial charge is 0.342 e. The lowest BCUT2D eigenvalue weighted by Gasteiger charge is -2.29. The van der Waals surface area contributed by atoms with Crippen molar-refractivity contribution in [2.75, 3.05) is 14.2 Å². The first-order valence-electron chi connectivity index (χ1n) is 13.8. The summed E-state index contributed by atoms with van der Waals surface area (Å²) in [7, 11) is 3.15. The van der Waals surface area contributed by atoms with E-state index >= 15 is 0 Å². The number of cyclic esters (lactones) is 1. The molecule has 2 aliphatic rings. The van der Waals surface area contributed by atoms with E-state index in [0.29, 0.717) is 60.3 Å². The SMILES string of the molecule is COc1c2c(cc3c1[C@H](c1ccc(OC)c4ccccc14)CC(=O)O3)C=CCCCC(=O)CCC[C@@H](C)OC2=O. The van der Waals surface area contributed by atoms with Crippen LogP contribution in [0.15, 0.2) is 48.5 Å². The highest BCUT2D eigenvalue weighted by Gasteiger charge is 2.37. The van der Waals surface area contributed by atoms with Gasteiger partial charge in [-0.05, 0) is 61.3 Å². The standard InChI is InChI=1S/C33H34O7/c1-20-10-9-13-22(34)12-6-4-5-11-21-18-28-31(32(38-3)30(21)33(36)39-20)26(19-29(35)40-28)24-16-17-27(37-2)25-15-8-7-14-23(24)25/h5,7-8,11,14-18,20,26H,4,6,9-10,12-13,19H2,1-3H3/t20-,26+/m1/s1. The molecule has 40 heavy (non-hydrogen) atoms. The first kappa shape index (κ1) is 27.4. The molecule has 3 aromatic carbocycles. The van der Waals surface area contributed by atoms with Crippen LogP contribution in [0.25, 0.3) is 16.8 Å². The number of fused-ring (bicyclic) bond motifs is 3. The molecule has 0 aliphatic carbocycles. The average Bonchev–Trinajstić information content (AvgIpc) is 2.94. The van der Waals surface area contributed by atoms with Crippen molar-refractivity contribution in [1.82, 2.24) is 0 Å². The van der Waals surface area contributed by atoms with Crippen molar-refractivity contribution >= 4 is 34.6 Å². The second-order valence-corrected chi connectivity index (χ2v) is 10.4. The summed E-state index contributed by atoms with van der Waals surface area (Å²) in [6.07, 6.45) is 7.14. The number of carbonyl (C=O) groups is 3. The first-order chi connectivity index (χ1) is 19.4. The summed E-state index contributed by atoms with van der Waals surface area (Å²) in [5, 5.41) is 1.87. The number of Topliss-reactive ketones (excluding diaryl/α,β-unsaturated/α-hetero) is 1. The maximum Gasteiger partial charge on any atom is 0.342 e. The third-order valence-electron chi connectivity index (χ3n) is 7.68. The van der Waals surface area contributed by atoms with E-state index in [1.165, 1.54) is 7.11 Å². The van der Waals surface area contributed by atoms with E-state index < -0.39 is 11.9 Å². The molecule has 5 rings (SSSR count). The summed E-state index contributed by atoms with van der Waals surface area (Å²) >= 11 is 0. The van der Waals surface area contributed by atoms with Gasteiger partial charge < -0.3 is 18.9 Å². The predicted octanol–water partition coefficient (Wildman–Crippen LogP) is 6.78. The zero-order chi connectivity index (χ0) is 28.2. The Morgan fingerprint density at radius 1 is 0.925 bits per heavy atom. The molecule has 0 amide bonds. The molecule has 0 bridgehead atoms. The van der Waals surface area contributed by atoms with Gasteiger partial charge in [-0.2, -0.15) is 0 Å². The van der Waals surface area contributed by atoms with Crippen molar-refractivity contribution in [3.05, 3.63) is 70.8 Å². The van der Waals surface area contributed by atoms with E-state index in [4.69, 9.17) is 18.9 Å². The lowest BCUT2D eigenvalue weighted by atomic mass is 9.81. The van der Waals surface area contributed by atoms with E-state index in [9.17, 15) is 14.4 Å². The minimum absolute atomic E-state index is 0.0911. The van der Waals surface area contributed by atoms with E-state index in [2.05, 4.69) is 0 Å². The van der Waals surface area contributed by atoms with Gasteiger partial charge in [0.15, 0.2) is 0 Å². The molecule has 0 saturated heterocycles. The number of rotatable bonds is 3. The maximum atomic E-state index is 13.7. The zero-order valence-corrected chi connectivity index (χ0v) is 23.2. The second kappa shape index (κ2) is 11.9. The fourth-order valence-corrected chi connectivity index (χ4v) is 5.75. The minimum Gasteiger partial charge on any atom is -0.496 e. The third-order valence-corrected chi connectivity index (χ3v) is 7.68. The summed E-state index contributed by atoms with van der Waals surface area (Å²) in [4.78, 5) is 38.8. The van der Waals surface area contributed by atoms with Gasteiger partial charge in [-0.3, -0.25) is 9.59 Å². The summed E-state index contributed by atoms with van der Waals surface area (Å²) in [5.74, 6) is 0.375. The van der Waals surface area contributed by atoms with Crippen molar-refractivity contribution in [2.24, 2.45) is 0 Å². The first-order valence-corrected chi connectivity index (χ1v) is 13.8. The Kier molecular flexibility index (Phi) is 8.19. The molecule has 0 unspecified atom stereocenters. The van der Waals surface area contributed by atoms with Crippen LogP contribution in [0.5, 0.6) is 17.2 Å². The number of ketones is 1. The predicted molar refractivity (Wildman–Crippen MR) is 152 cm³/mol. The van der Waals surface area contributed by atoms with E-state index in [-0.39, 0.29) is 24.3 Å². The molecule has 3 aromatic rings. The quantitative estimate of drug-likeness (QED) is 0.266. The van der Waals surface area contributed by atoms with E-state index in [1.54, 1.807) is 13.2 Å². The average molecular weight is 543 g/mol. The van der Waals surface area contributed by atoms with Gasteiger partial charge >= 0.3 is 11.9 Å². The summed E-state index contributed by atoms with van der Waals surface area (Å²) in [6, 6.07) is 13.5. The van der Waals surface area contributed by atoms with Crippen LogP contribution in [0.2, 0.25) is 0 Å². The molecule has 0 fully saturated rings. The topological polar surface area (TPSA) is 88.1 Å². The van der Waals surface area contributed by atoms with Crippen LogP contribution in [0.1, 0.15) is 84.8 Å². The highest BCUT2D eigenvalue weighted by atomic mass is 16.5. The maximum absolute atomic E-state index is 13.7. The normalized spacial score (nSPS) is 20.1. The Morgan fingerprint density at radius 3 is 2.48 bits per heavy atom. The van der Waals surface area contributed by atoms with Gasteiger partial charge in [-0.15, -0.1) is 0 Å². The molecular formula is C33H34O7. The largest absolute Gasteiger partial charge is 0.496 e. The number of methoxy groups -OCH3 is 2. The molecule has 0 saturated carbocycles. The molecule has 7 nitrogen and oxygen atoms in total. The van der Waals surface area contributed by atoms with E-state index in [1.807, 2.05) is 55.5 Å². The molecule has 0 N–H and O–H groups in total. The number of hydrogen-bond acceptors (Lipinski definition) is 7. The van der Waals surface area contributed by atoms with E-state index in [0.717, 1.165) is 28.5 Å². The Morgan fingerprint density at radius 2 is 1.70 bits per heavy atom. The fraction of sp³-hybridized carbons (Fsp3) is 0.364. The molecule has 0 radical (unpaired) electrons. The summed E-state index contributed by atoms with van der Waals surface area (Å²) in [6.45, 7) is 1.84. The number of hydrogen-bond donors (Lipinski definition) is 0. The van der Waals surface area contributed by atoms with Crippen LogP contribution in [0.3, 0.4) is 0 Å². The minimum atomic E-state index is -0.509. The molecule has 2 heterocycles. The van der Waals surface area contributed by atoms with Crippen LogP contribution in [0, 0.1) is 0 Å². The zero-order valence-electron chi connectivity index (χ0n) is 23.2. The van der Waals surface area contributed by atoms with Crippen molar-refractivity contribution in [3.8, 4) is 17.2 Å². The van der Waals surface area contributed by atoms with Gasteiger partial charge in [0.1, 0.15) is 28.6 Å². The van der Waals surface area contributed by atoms with Gasteiger partial charge in [-0.25, -0.2) is 4.79 Å². The number of benzene rings is 3.